The summed E-state index contributed by atoms with van der Waals surface area (Å²) in [5, 5.41) is 0. The van der Waals surface area contributed by atoms with Gasteiger partial charge in [0, 0.05) is 0 Å². The van der Waals surface area contributed by atoms with Crippen LogP contribution in [0.15, 0.2) is 44.6 Å². The van der Waals surface area contributed by atoms with Gasteiger partial charge in [-0.15, -0.1) is 0 Å². The first-order valence-corrected chi connectivity index (χ1v) is 8.80. The Morgan fingerprint density at radius 3 is 0.636 bits per heavy atom. The molecule has 130 valence electrons. The first-order valence-electron chi connectivity index (χ1n) is 7.82. The summed E-state index contributed by atoms with van der Waals surface area (Å²) in [5.74, 6) is 0. The second-order valence-corrected chi connectivity index (χ2v) is 8.86. The molecular weight excluding hydrogens is 358 g/mol. The molecule has 0 fully saturated rings. The van der Waals surface area contributed by atoms with Crippen molar-refractivity contribution in [3.63, 3.8) is 0 Å². The summed E-state index contributed by atoms with van der Waals surface area (Å²) in [6, 6.07) is 0. The van der Waals surface area contributed by atoms with Crippen LogP contribution in [0.5, 0.6) is 0 Å². The van der Waals surface area contributed by atoms with Crippen molar-refractivity contribution in [3.8, 4) is 0 Å². The average molecular weight is 388 g/mol. The number of rotatable bonds is 0. The van der Waals surface area contributed by atoms with Gasteiger partial charge in [0.25, 0.3) is 0 Å². The number of hydrogen-bond acceptors (Lipinski definition) is 0. The Kier molecular flexibility index (Phi) is 5.86. The Bertz CT molecular complexity index is 512. The summed E-state index contributed by atoms with van der Waals surface area (Å²) in [5.41, 5.74) is 11.1. The SMILES string of the molecule is CC1=C(C)[C](C)([Ni])C(C)=C1C.CC1=C(C)[C](C)([Ni])C(C)=C1C. The molecule has 0 aromatic carbocycles. The molecule has 0 saturated carbocycles. The van der Waals surface area contributed by atoms with Crippen molar-refractivity contribution in [3.05, 3.63) is 44.6 Å². The molecule has 0 unspecified atom stereocenters. The van der Waals surface area contributed by atoms with Crippen LogP contribution in [0.3, 0.4) is 0 Å². The molecule has 2 rings (SSSR count). The minimum atomic E-state index is -0.0613. The molecule has 0 N–H and O–H groups in total. The predicted molar refractivity (Wildman–Crippen MR) is 90.2 cm³/mol. The monoisotopic (exact) mass is 386 g/mol. The summed E-state index contributed by atoms with van der Waals surface area (Å²) in [4.78, 5) is 0. The molecule has 2 aliphatic carbocycles. The van der Waals surface area contributed by atoms with Crippen LogP contribution in [0, 0.1) is 0 Å². The second kappa shape index (κ2) is 6.45. The van der Waals surface area contributed by atoms with Gasteiger partial charge in [0.2, 0.25) is 0 Å². The van der Waals surface area contributed by atoms with E-state index >= 15 is 0 Å². The molecule has 0 bridgehead atoms. The predicted octanol–water partition coefficient (Wildman–Crippen LogP) is 6.80. The Morgan fingerprint density at radius 1 is 0.455 bits per heavy atom. The van der Waals surface area contributed by atoms with Gasteiger partial charge < -0.3 is 0 Å². The van der Waals surface area contributed by atoms with Crippen LogP contribution < -0.4 is 0 Å². The van der Waals surface area contributed by atoms with Crippen molar-refractivity contribution in [1.29, 1.82) is 0 Å². The minimum absolute atomic E-state index is 0.0613. The third-order valence-corrected chi connectivity index (χ3v) is 7.58. The fourth-order valence-electron chi connectivity index (χ4n) is 3.05. The zero-order chi connectivity index (χ0) is 17.6. The van der Waals surface area contributed by atoms with Crippen LogP contribution in [0.4, 0.5) is 0 Å². The van der Waals surface area contributed by atoms with Crippen molar-refractivity contribution in [2.45, 2.75) is 78.0 Å². The first-order chi connectivity index (χ1) is 9.77. The van der Waals surface area contributed by atoms with E-state index in [1.54, 1.807) is 0 Å². The van der Waals surface area contributed by atoms with Crippen molar-refractivity contribution < 1.29 is 30.9 Å². The van der Waals surface area contributed by atoms with Gasteiger partial charge in [-0.25, -0.2) is 0 Å². The summed E-state index contributed by atoms with van der Waals surface area (Å²) in [6.45, 7) is 21.5. The van der Waals surface area contributed by atoms with Crippen molar-refractivity contribution in [1.82, 2.24) is 0 Å². The van der Waals surface area contributed by atoms with Gasteiger partial charge in [0.05, 0.1) is 0 Å². The van der Waals surface area contributed by atoms with E-state index in [4.69, 9.17) is 30.9 Å². The summed E-state index contributed by atoms with van der Waals surface area (Å²) >= 11 is 10.3. The van der Waals surface area contributed by atoms with Crippen LogP contribution in [0.1, 0.15) is 69.2 Å². The molecule has 0 aliphatic heterocycles. The fraction of sp³-hybridized carbons (Fsp3) is 0.600. The zero-order valence-corrected chi connectivity index (χ0v) is 17.6. The molecule has 22 heavy (non-hydrogen) atoms. The van der Waals surface area contributed by atoms with E-state index in [9.17, 15) is 0 Å². The Hall–Kier alpha value is -0.0530. The molecule has 2 aliphatic rings. The summed E-state index contributed by atoms with van der Waals surface area (Å²) in [6.07, 6.45) is 0. The van der Waals surface area contributed by atoms with Crippen LogP contribution in [-0.2, 0) is 30.9 Å². The fourth-order valence-corrected chi connectivity index (χ4v) is 3.79. The molecule has 0 amide bonds. The van der Waals surface area contributed by atoms with Gasteiger partial charge in [-0.2, -0.15) is 0 Å². The molecule has 0 aromatic rings. The molecule has 2 heteroatoms. The van der Waals surface area contributed by atoms with Gasteiger partial charge >= 0.3 is 154 Å². The van der Waals surface area contributed by atoms with E-state index in [1.807, 2.05) is 0 Å². The van der Waals surface area contributed by atoms with Gasteiger partial charge in [-0.3, -0.25) is 0 Å². The van der Waals surface area contributed by atoms with Crippen molar-refractivity contribution >= 4 is 0 Å². The molecule has 0 aromatic heterocycles. The van der Waals surface area contributed by atoms with E-state index < -0.39 is 0 Å². The molecular formula is C20H30Ni2. The molecule has 0 heterocycles. The Balaban J connectivity index is 0.000000220. The molecule has 0 radical (unpaired) electrons. The number of allylic oxidation sites excluding steroid dienone is 8. The zero-order valence-electron chi connectivity index (χ0n) is 15.6. The van der Waals surface area contributed by atoms with E-state index in [0.717, 1.165) is 0 Å². The average Bonchev–Trinajstić information content (AvgIpc) is 2.67. The second-order valence-electron chi connectivity index (χ2n) is 6.88. The van der Waals surface area contributed by atoms with Gasteiger partial charge in [0.1, 0.15) is 0 Å². The standard InChI is InChI=1S/2C10H15.2Ni/c2*1-6-7(2)9(4)10(5)8(6)3;;/h2*1-5H3;;. The Labute approximate surface area is 153 Å². The molecule has 0 spiro atoms. The normalized spacial score (nSPS) is 23.5. The van der Waals surface area contributed by atoms with E-state index in [-0.39, 0.29) is 8.77 Å². The number of hydrogen-bond donors (Lipinski definition) is 0. The maximum absolute atomic E-state index is 5.17. The molecule has 0 atom stereocenters. The van der Waals surface area contributed by atoms with Crippen LogP contribution in [0.2, 0.25) is 8.77 Å². The van der Waals surface area contributed by atoms with Crippen molar-refractivity contribution in [2.75, 3.05) is 0 Å². The van der Waals surface area contributed by atoms with Gasteiger partial charge in [-0.05, 0) is 0 Å². The summed E-state index contributed by atoms with van der Waals surface area (Å²) < 4.78 is -0.123. The van der Waals surface area contributed by atoms with E-state index in [0.29, 0.717) is 0 Å². The topological polar surface area (TPSA) is 0 Å². The van der Waals surface area contributed by atoms with Gasteiger partial charge in [-0.1, -0.05) is 0 Å². The van der Waals surface area contributed by atoms with E-state index in [1.165, 1.54) is 44.6 Å². The quantitative estimate of drug-likeness (QED) is 0.401. The molecule has 0 saturated heterocycles. The summed E-state index contributed by atoms with van der Waals surface area (Å²) in [7, 11) is 0. The Morgan fingerprint density at radius 2 is 0.591 bits per heavy atom. The first kappa shape index (κ1) is 20.0. The molecule has 0 nitrogen and oxygen atoms in total. The van der Waals surface area contributed by atoms with Gasteiger partial charge in [0.15, 0.2) is 0 Å². The van der Waals surface area contributed by atoms with Crippen LogP contribution in [-0.4, -0.2) is 0 Å². The third kappa shape index (κ3) is 3.11. The van der Waals surface area contributed by atoms with Crippen LogP contribution >= 0.6 is 0 Å². The maximum atomic E-state index is 5.17. The van der Waals surface area contributed by atoms with Crippen LogP contribution in [0.25, 0.3) is 0 Å². The van der Waals surface area contributed by atoms with E-state index in [2.05, 4.69) is 69.2 Å². The van der Waals surface area contributed by atoms with Crippen molar-refractivity contribution in [2.24, 2.45) is 0 Å². The third-order valence-electron chi connectivity index (χ3n) is 6.10.